The number of aromatic nitrogens is 1. The van der Waals surface area contributed by atoms with Crippen molar-refractivity contribution in [2.75, 3.05) is 20.2 Å². The smallest absolute Gasteiger partial charge is 0.325 e. The van der Waals surface area contributed by atoms with Crippen LogP contribution in [-0.4, -0.2) is 42.0 Å². The van der Waals surface area contributed by atoms with E-state index in [1.165, 1.54) is 13.1 Å². The third-order valence-corrected chi connectivity index (χ3v) is 2.30. The number of H-pyrrole nitrogens is 1. The Kier molecular flexibility index (Phi) is 4.65. The molecule has 1 aromatic heterocycles. The van der Waals surface area contributed by atoms with E-state index in [1.54, 1.807) is 19.9 Å². The van der Waals surface area contributed by atoms with Crippen LogP contribution in [0.4, 0.5) is 0 Å². The SMILES string of the molecule is CCOC(=O)CN(C)C(=O)c1ccc(C)[nH]c1=O. The molecule has 0 saturated carbocycles. The monoisotopic (exact) mass is 252 g/mol. The molecule has 0 atom stereocenters. The summed E-state index contributed by atoms with van der Waals surface area (Å²) in [6.45, 7) is 3.48. The number of carbonyl (C=O) groups is 2. The molecular weight excluding hydrogens is 236 g/mol. The lowest BCUT2D eigenvalue weighted by atomic mass is 10.2. The predicted octanol–water partition coefficient (Wildman–Crippen LogP) is 0.318. The number of amides is 1. The normalized spacial score (nSPS) is 9.94. The third kappa shape index (κ3) is 3.44. The first kappa shape index (κ1) is 14.0. The first-order chi connectivity index (χ1) is 8.45. The van der Waals surface area contributed by atoms with Crippen LogP contribution in [0, 0.1) is 6.92 Å². The second-order valence-corrected chi connectivity index (χ2v) is 3.85. The van der Waals surface area contributed by atoms with Crippen molar-refractivity contribution >= 4 is 11.9 Å². The standard InChI is InChI=1S/C12H16N2O4/c1-4-18-10(15)7-14(3)12(17)9-6-5-8(2)13-11(9)16/h5-6H,4,7H2,1-3H3,(H,13,16). The lowest BCUT2D eigenvalue weighted by Crippen LogP contribution is -2.36. The van der Waals surface area contributed by atoms with Crippen molar-refractivity contribution in [3.05, 3.63) is 33.7 Å². The fraction of sp³-hybridized carbons (Fsp3) is 0.417. The van der Waals surface area contributed by atoms with Crippen LogP contribution >= 0.6 is 0 Å². The van der Waals surface area contributed by atoms with Gasteiger partial charge in [-0.2, -0.15) is 0 Å². The molecule has 0 bridgehead atoms. The molecule has 0 aliphatic carbocycles. The van der Waals surface area contributed by atoms with E-state index in [4.69, 9.17) is 4.74 Å². The van der Waals surface area contributed by atoms with Gasteiger partial charge in [0, 0.05) is 12.7 Å². The van der Waals surface area contributed by atoms with Crippen molar-refractivity contribution in [3.8, 4) is 0 Å². The fourth-order valence-corrected chi connectivity index (χ4v) is 1.42. The number of hydrogen-bond acceptors (Lipinski definition) is 4. The van der Waals surface area contributed by atoms with Crippen LogP contribution in [0.1, 0.15) is 23.0 Å². The van der Waals surface area contributed by atoms with Gasteiger partial charge in [-0.3, -0.25) is 14.4 Å². The van der Waals surface area contributed by atoms with E-state index in [0.29, 0.717) is 5.69 Å². The Morgan fingerprint density at radius 3 is 2.61 bits per heavy atom. The number of likely N-dealkylation sites (N-methyl/N-ethyl adjacent to an activating group) is 1. The summed E-state index contributed by atoms with van der Waals surface area (Å²) in [4.78, 5) is 38.4. The van der Waals surface area contributed by atoms with Crippen LogP contribution in [0.2, 0.25) is 0 Å². The van der Waals surface area contributed by atoms with Gasteiger partial charge in [-0.05, 0) is 26.0 Å². The number of aryl methyl sites for hydroxylation is 1. The van der Waals surface area contributed by atoms with Gasteiger partial charge in [0.15, 0.2) is 0 Å². The van der Waals surface area contributed by atoms with E-state index in [9.17, 15) is 14.4 Å². The summed E-state index contributed by atoms with van der Waals surface area (Å²) in [5, 5.41) is 0. The lowest BCUT2D eigenvalue weighted by molar-refractivity contribution is -0.143. The summed E-state index contributed by atoms with van der Waals surface area (Å²) < 4.78 is 4.73. The highest BCUT2D eigenvalue weighted by Crippen LogP contribution is 1.99. The van der Waals surface area contributed by atoms with E-state index < -0.39 is 17.4 Å². The van der Waals surface area contributed by atoms with Crippen molar-refractivity contribution < 1.29 is 14.3 Å². The highest BCUT2D eigenvalue weighted by atomic mass is 16.5. The van der Waals surface area contributed by atoms with Crippen LogP contribution in [0.3, 0.4) is 0 Å². The number of hydrogen-bond donors (Lipinski definition) is 1. The second-order valence-electron chi connectivity index (χ2n) is 3.85. The Labute approximate surface area is 105 Å². The van der Waals surface area contributed by atoms with Gasteiger partial charge in [0.25, 0.3) is 11.5 Å². The van der Waals surface area contributed by atoms with Gasteiger partial charge in [0.2, 0.25) is 0 Å². The molecule has 0 unspecified atom stereocenters. The van der Waals surface area contributed by atoms with Crippen LogP contribution in [0.5, 0.6) is 0 Å². The van der Waals surface area contributed by atoms with Crippen LogP contribution in [-0.2, 0) is 9.53 Å². The van der Waals surface area contributed by atoms with Crippen LogP contribution in [0.15, 0.2) is 16.9 Å². The van der Waals surface area contributed by atoms with E-state index in [2.05, 4.69) is 4.98 Å². The molecule has 0 aromatic carbocycles. The zero-order valence-electron chi connectivity index (χ0n) is 10.6. The zero-order valence-corrected chi connectivity index (χ0v) is 10.6. The van der Waals surface area contributed by atoms with Gasteiger partial charge in [-0.1, -0.05) is 0 Å². The number of pyridine rings is 1. The predicted molar refractivity (Wildman–Crippen MR) is 65.4 cm³/mol. The van der Waals surface area contributed by atoms with Gasteiger partial charge in [0.05, 0.1) is 6.61 Å². The van der Waals surface area contributed by atoms with E-state index in [1.807, 2.05) is 0 Å². The Balaban J connectivity index is 2.80. The minimum Gasteiger partial charge on any atom is -0.465 e. The zero-order chi connectivity index (χ0) is 13.7. The number of nitrogens with one attached hydrogen (secondary N) is 1. The summed E-state index contributed by atoms with van der Waals surface area (Å²) in [5.74, 6) is -1.01. The molecule has 0 fully saturated rings. The molecule has 1 amide bonds. The molecule has 6 heteroatoms. The number of ether oxygens (including phenoxy) is 1. The second kappa shape index (κ2) is 6.00. The van der Waals surface area contributed by atoms with Crippen molar-refractivity contribution in [1.82, 2.24) is 9.88 Å². The third-order valence-electron chi connectivity index (χ3n) is 2.30. The number of aromatic amines is 1. The molecule has 98 valence electrons. The van der Waals surface area contributed by atoms with E-state index in [-0.39, 0.29) is 18.7 Å². The fourth-order valence-electron chi connectivity index (χ4n) is 1.42. The molecular formula is C12H16N2O4. The average molecular weight is 252 g/mol. The van der Waals surface area contributed by atoms with Crippen molar-refractivity contribution in [2.24, 2.45) is 0 Å². The molecule has 1 rings (SSSR count). The molecule has 1 heterocycles. The minimum absolute atomic E-state index is 0.00685. The van der Waals surface area contributed by atoms with Gasteiger partial charge < -0.3 is 14.6 Å². The Morgan fingerprint density at radius 1 is 1.39 bits per heavy atom. The molecule has 0 aliphatic heterocycles. The summed E-state index contributed by atoms with van der Waals surface area (Å²) in [6, 6.07) is 3.07. The summed E-state index contributed by atoms with van der Waals surface area (Å²) in [7, 11) is 1.44. The van der Waals surface area contributed by atoms with Gasteiger partial charge in [-0.15, -0.1) is 0 Å². The number of carbonyl (C=O) groups excluding carboxylic acids is 2. The first-order valence-electron chi connectivity index (χ1n) is 5.56. The summed E-state index contributed by atoms with van der Waals surface area (Å²) in [6.07, 6.45) is 0. The molecule has 1 aromatic rings. The summed E-state index contributed by atoms with van der Waals surface area (Å²) in [5.41, 5.74) is 0.215. The van der Waals surface area contributed by atoms with Crippen LogP contribution in [0.25, 0.3) is 0 Å². The summed E-state index contributed by atoms with van der Waals surface area (Å²) >= 11 is 0. The number of nitrogens with zero attached hydrogens (tertiary/aromatic N) is 1. The van der Waals surface area contributed by atoms with Crippen LogP contribution < -0.4 is 5.56 Å². The van der Waals surface area contributed by atoms with Gasteiger partial charge in [-0.25, -0.2) is 0 Å². The quantitative estimate of drug-likeness (QED) is 0.782. The largest absolute Gasteiger partial charge is 0.465 e. The molecule has 0 spiro atoms. The maximum Gasteiger partial charge on any atom is 0.325 e. The Morgan fingerprint density at radius 2 is 2.06 bits per heavy atom. The van der Waals surface area contributed by atoms with E-state index in [0.717, 1.165) is 4.90 Å². The maximum absolute atomic E-state index is 11.9. The topological polar surface area (TPSA) is 79.5 Å². The number of rotatable bonds is 4. The molecule has 1 N–H and O–H groups in total. The molecule has 6 nitrogen and oxygen atoms in total. The maximum atomic E-state index is 11.9. The van der Waals surface area contributed by atoms with Gasteiger partial charge in [0.1, 0.15) is 12.1 Å². The highest BCUT2D eigenvalue weighted by molar-refractivity contribution is 5.95. The highest BCUT2D eigenvalue weighted by Gasteiger charge is 2.18. The molecule has 0 saturated heterocycles. The Hall–Kier alpha value is -2.11. The number of esters is 1. The first-order valence-corrected chi connectivity index (χ1v) is 5.56. The molecule has 0 aliphatic rings. The average Bonchev–Trinajstić information content (AvgIpc) is 2.28. The molecule has 0 radical (unpaired) electrons. The Bertz CT molecular complexity index is 507. The van der Waals surface area contributed by atoms with E-state index >= 15 is 0 Å². The van der Waals surface area contributed by atoms with Crippen molar-refractivity contribution in [2.45, 2.75) is 13.8 Å². The van der Waals surface area contributed by atoms with Crippen molar-refractivity contribution in [3.63, 3.8) is 0 Å². The van der Waals surface area contributed by atoms with Gasteiger partial charge >= 0.3 is 5.97 Å². The van der Waals surface area contributed by atoms with Crippen molar-refractivity contribution in [1.29, 1.82) is 0 Å². The molecule has 18 heavy (non-hydrogen) atoms. The minimum atomic E-state index is -0.510. The lowest BCUT2D eigenvalue weighted by Gasteiger charge is -2.15.